The van der Waals surface area contributed by atoms with E-state index in [1.54, 1.807) is 12.1 Å². The molecule has 0 aliphatic rings. The molecule has 26 heavy (non-hydrogen) atoms. The SMILES string of the molecule is COc1c(Br)cc(/C=C(/C#N)C(=O)Nc2ccc([N+](=O)[O-])cc2)cc1Br. The van der Waals surface area contributed by atoms with E-state index in [1.165, 1.54) is 37.5 Å². The average molecular weight is 481 g/mol. The summed E-state index contributed by atoms with van der Waals surface area (Å²) in [4.78, 5) is 22.4. The molecule has 0 aromatic heterocycles. The number of nitriles is 1. The lowest BCUT2D eigenvalue weighted by Crippen LogP contribution is -2.13. The normalized spacial score (nSPS) is 10.8. The van der Waals surface area contributed by atoms with Gasteiger partial charge in [0.05, 0.1) is 21.0 Å². The minimum Gasteiger partial charge on any atom is -0.494 e. The number of carbonyl (C=O) groups excluding carboxylic acids is 1. The molecule has 0 radical (unpaired) electrons. The molecule has 2 aromatic rings. The summed E-state index contributed by atoms with van der Waals surface area (Å²) in [6.45, 7) is 0. The fourth-order valence-electron chi connectivity index (χ4n) is 2.04. The van der Waals surface area contributed by atoms with E-state index in [4.69, 9.17) is 4.74 Å². The summed E-state index contributed by atoms with van der Waals surface area (Å²) in [5.74, 6) is -0.0274. The Bertz CT molecular complexity index is 911. The fraction of sp³-hybridized carbons (Fsp3) is 0.0588. The van der Waals surface area contributed by atoms with Crippen molar-refractivity contribution in [3.63, 3.8) is 0 Å². The molecule has 9 heteroatoms. The third-order valence-corrected chi connectivity index (χ3v) is 4.41. The molecular formula is C17H11Br2N3O4. The number of nitrogens with zero attached hydrogens (tertiary/aromatic N) is 2. The number of rotatable bonds is 5. The number of benzene rings is 2. The Hall–Kier alpha value is -2.70. The maximum Gasteiger partial charge on any atom is 0.269 e. The first kappa shape index (κ1) is 19.6. The summed E-state index contributed by atoms with van der Waals surface area (Å²) in [7, 11) is 1.53. The van der Waals surface area contributed by atoms with Gasteiger partial charge in [0.15, 0.2) is 0 Å². The Morgan fingerprint density at radius 2 is 1.85 bits per heavy atom. The summed E-state index contributed by atoms with van der Waals surface area (Å²) >= 11 is 6.71. The molecule has 2 aromatic carbocycles. The predicted octanol–water partition coefficient (Wildman–Crippen LogP) is 4.67. The summed E-state index contributed by atoms with van der Waals surface area (Å²) in [6, 6.07) is 10.6. The van der Waals surface area contributed by atoms with Gasteiger partial charge in [0.1, 0.15) is 17.4 Å². The lowest BCUT2D eigenvalue weighted by atomic mass is 10.1. The van der Waals surface area contributed by atoms with Crippen LogP contribution in [-0.4, -0.2) is 17.9 Å². The zero-order chi connectivity index (χ0) is 19.3. The van der Waals surface area contributed by atoms with Crippen LogP contribution in [0, 0.1) is 21.4 Å². The van der Waals surface area contributed by atoms with Gasteiger partial charge in [-0.1, -0.05) is 0 Å². The molecule has 0 aliphatic carbocycles. The van der Waals surface area contributed by atoms with Gasteiger partial charge in [-0.15, -0.1) is 0 Å². The molecule has 0 heterocycles. The topological polar surface area (TPSA) is 105 Å². The van der Waals surface area contributed by atoms with Crippen molar-refractivity contribution in [2.75, 3.05) is 12.4 Å². The van der Waals surface area contributed by atoms with Gasteiger partial charge in [0.2, 0.25) is 0 Å². The van der Waals surface area contributed by atoms with Crippen molar-refractivity contribution >= 4 is 55.2 Å². The fourth-order valence-corrected chi connectivity index (χ4v) is 3.58. The van der Waals surface area contributed by atoms with Crippen LogP contribution in [0.2, 0.25) is 0 Å². The van der Waals surface area contributed by atoms with Crippen molar-refractivity contribution in [2.24, 2.45) is 0 Å². The van der Waals surface area contributed by atoms with E-state index in [1.807, 2.05) is 6.07 Å². The number of carbonyl (C=O) groups is 1. The number of amides is 1. The summed E-state index contributed by atoms with van der Waals surface area (Å²) < 4.78 is 6.53. The number of ether oxygens (including phenoxy) is 1. The molecule has 132 valence electrons. The van der Waals surface area contributed by atoms with Crippen LogP contribution in [0.4, 0.5) is 11.4 Å². The van der Waals surface area contributed by atoms with Gasteiger partial charge in [-0.3, -0.25) is 14.9 Å². The summed E-state index contributed by atoms with van der Waals surface area (Å²) in [5.41, 5.74) is 0.748. The second kappa shape index (κ2) is 8.60. The Balaban J connectivity index is 2.24. The van der Waals surface area contributed by atoms with Crippen molar-refractivity contribution < 1.29 is 14.5 Å². The highest BCUT2D eigenvalue weighted by atomic mass is 79.9. The molecule has 0 spiro atoms. The summed E-state index contributed by atoms with van der Waals surface area (Å²) in [5, 5.41) is 22.4. The second-order valence-corrected chi connectivity index (χ2v) is 6.65. The Morgan fingerprint density at radius 3 is 2.31 bits per heavy atom. The van der Waals surface area contributed by atoms with Gasteiger partial charge in [-0.05, 0) is 67.8 Å². The van der Waals surface area contributed by atoms with Crippen LogP contribution in [0.5, 0.6) is 5.75 Å². The van der Waals surface area contributed by atoms with Crippen LogP contribution in [0.3, 0.4) is 0 Å². The van der Waals surface area contributed by atoms with Crippen LogP contribution in [0.15, 0.2) is 50.9 Å². The van der Waals surface area contributed by atoms with Crippen LogP contribution >= 0.6 is 31.9 Å². The number of nitro benzene ring substituents is 1. The van der Waals surface area contributed by atoms with Crippen molar-refractivity contribution in [2.45, 2.75) is 0 Å². The summed E-state index contributed by atoms with van der Waals surface area (Å²) in [6.07, 6.45) is 1.43. The largest absolute Gasteiger partial charge is 0.494 e. The van der Waals surface area contributed by atoms with Gasteiger partial charge >= 0.3 is 0 Å². The zero-order valence-corrected chi connectivity index (χ0v) is 16.5. The van der Waals surface area contributed by atoms with Gasteiger partial charge in [-0.2, -0.15) is 5.26 Å². The van der Waals surface area contributed by atoms with Gasteiger partial charge < -0.3 is 10.1 Å². The number of non-ortho nitro benzene ring substituents is 1. The standard InChI is InChI=1S/C17H11Br2N3O4/c1-26-16-14(18)7-10(8-15(16)19)6-11(9-20)17(23)21-12-2-4-13(5-3-12)22(24)25/h2-8H,1H3,(H,21,23)/b11-6-. The Morgan fingerprint density at radius 1 is 1.27 bits per heavy atom. The molecule has 2 rings (SSSR count). The van der Waals surface area contributed by atoms with E-state index >= 15 is 0 Å². The molecule has 0 atom stereocenters. The van der Waals surface area contributed by atoms with E-state index in [9.17, 15) is 20.2 Å². The highest BCUT2D eigenvalue weighted by Crippen LogP contribution is 2.35. The highest BCUT2D eigenvalue weighted by molar-refractivity contribution is 9.11. The number of nitrogens with one attached hydrogen (secondary N) is 1. The van der Waals surface area contributed by atoms with Crippen molar-refractivity contribution in [1.29, 1.82) is 5.26 Å². The second-order valence-electron chi connectivity index (χ2n) is 4.95. The van der Waals surface area contributed by atoms with Crippen LogP contribution in [0.1, 0.15) is 5.56 Å². The van der Waals surface area contributed by atoms with E-state index in [-0.39, 0.29) is 11.3 Å². The minimum atomic E-state index is -0.621. The third kappa shape index (κ3) is 4.68. The smallest absolute Gasteiger partial charge is 0.269 e. The monoisotopic (exact) mass is 479 g/mol. The average Bonchev–Trinajstić information content (AvgIpc) is 2.59. The molecule has 1 amide bonds. The lowest BCUT2D eigenvalue weighted by Gasteiger charge is -2.08. The number of halogens is 2. The number of anilines is 1. The molecule has 0 unspecified atom stereocenters. The Kier molecular flexibility index (Phi) is 6.49. The van der Waals surface area contributed by atoms with E-state index in [0.717, 1.165) is 0 Å². The molecular weight excluding hydrogens is 470 g/mol. The van der Waals surface area contributed by atoms with Crippen molar-refractivity contribution in [1.82, 2.24) is 0 Å². The number of methoxy groups -OCH3 is 1. The first-order chi connectivity index (χ1) is 12.3. The van der Waals surface area contributed by atoms with Gasteiger partial charge in [0, 0.05) is 17.8 Å². The molecule has 0 aliphatic heterocycles. The van der Waals surface area contributed by atoms with Crippen LogP contribution in [0.25, 0.3) is 6.08 Å². The van der Waals surface area contributed by atoms with Gasteiger partial charge in [-0.25, -0.2) is 0 Å². The number of nitro groups is 1. The van der Waals surface area contributed by atoms with Gasteiger partial charge in [0.25, 0.3) is 11.6 Å². The maximum atomic E-state index is 12.3. The third-order valence-electron chi connectivity index (χ3n) is 3.24. The van der Waals surface area contributed by atoms with Crippen LogP contribution < -0.4 is 10.1 Å². The maximum absolute atomic E-state index is 12.3. The molecule has 0 fully saturated rings. The predicted molar refractivity (Wildman–Crippen MR) is 104 cm³/mol. The van der Waals surface area contributed by atoms with Crippen molar-refractivity contribution in [3.05, 3.63) is 66.6 Å². The first-order valence-corrected chi connectivity index (χ1v) is 8.65. The zero-order valence-electron chi connectivity index (χ0n) is 13.3. The van der Waals surface area contributed by atoms with E-state index in [2.05, 4.69) is 37.2 Å². The number of hydrogen-bond donors (Lipinski definition) is 1. The Labute approximate surface area is 165 Å². The molecule has 7 nitrogen and oxygen atoms in total. The highest BCUT2D eigenvalue weighted by Gasteiger charge is 2.13. The number of hydrogen-bond acceptors (Lipinski definition) is 5. The van der Waals surface area contributed by atoms with Crippen LogP contribution in [-0.2, 0) is 4.79 Å². The van der Waals surface area contributed by atoms with Crippen molar-refractivity contribution in [3.8, 4) is 11.8 Å². The quantitative estimate of drug-likeness (QED) is 0.289. The minimum absolute atomic E-state index is 0.0908. The molecule has 1 N–H and O–H groups in total. The molecule has 0 saturated carbocycles. The lowest BCUT2D eigenvalue weighted by molar-refractivity contribution is -0.384. The van der Waals surface area contributed by atoms with E-state index < -0.39 is 10.8 Å². The van der Waals surface area contributed by atoms with E-state index in [0.29, 0.717) is 25.9 Å². The first-order valence-electron chi connectivity index (χ1n) is 7.06. The molecule has 0 saturated heterocycles. The molecule has 0 bridgehead atoms.